The van der Waals surface area contributed by atoms with Gasteiger partial charge in [0.25, 0.3) is 5.91 Å². The number of para-hydroxylation sites is 1. The smallest absolute Gasteiger partial charge is 0.263 e. The molecule has 92 valence electrons. The van der Waals surface area contributed by atoms with Crippen molar-refractivity contribution in [3.63, 3.8) is 0 Å². The Labute approximate surface area is 102 Å². The molecular formula is C13H19N3O. The SMILES string of the molecule is CC1(C)C(=O)N(N)N(c2ccccc2)C1(C)C. The highest BCUT2D eigenvalue weighted by molar-refractivity contribution is 5.89. The zero-order valence-corrected chi connectivity index (χ0v) is 10.8. The van der Waals surface area contributed by atoms with Gasteiger partial charge in [-0.05, 0) is 39.8 Å². The van der Waals surface area contributed by atoms with Crippen LogP contribution in [-0.4, -0.2) is 16.6 Å². The quantitative estimate of drug-likeness (QED) is 0.595. The number of carbonyl (C=O) groups excluding carboxylic acids is 1. The maximum Gasteiger partial charge on any atom is 0.263 e. The molecule has 4 heteroatoms. The monoisotopic (exact) mass is 233 g/mol. The zero-order valence-electron chi connectivity index (χ0n) is 10.8. The number of hydrogen-bond donors (Lipinski definition) is 1. The molecule has 1 aliphatic rings. The summed E-state index contributed by atoms with van der Waals surface area (Å²) in [6, 6.07) is 9.73. The van der Waals surface area contributed by atoms with Crippen molar-refractivity contribution in [3.05, 3.63) is 30.3 Å². The zero-order chi connectivity index (χ0) is 12.8. The van der Waals surface area contributed by atoms with Crippen LogP contribution in [0.5, 0.6) is 0 Å². The van der Waals surface area contributed by atoms with E-state index in [0.29, 0.717) is 0 Å². The molecule has 4 nitrogen and oxygen atoms in total. The summed E-state index contributed by atoms with van der Waals surface area (Å²) in [5.74, 6) is 5.85. The van der Waals surface area contributed by atoms with Gasteiger partial charge >= 0.3 is 0 Å². The molecule has 17 heavy (non-hydrogen) atoms. The number of carbonyl (C=O) groups is 1. The first-order valence-electron chi connectivity index (χ1n) is 5.74. The van der Waals surface area contributed by atoms with Gasteiger partial charge in [0.05, 0.1) is 16.6 Å². The fourth-order valence-corrected chi connectivity index (χ4v) is 2.19. The molecule has 0 unspecified atom stereocenters. The molecule has 1 saturated heterocycles. The van der Waals surface area contributed by atoms with Crippen LogP contribution in [-0.2, 0) is 4.79 Å². The van der Waals surface area contributed by atoms with E-state index in [2.05, 4.69) is 0 Å². The Bertz CT molecular complexity index is 439. The average molecular weight is 233 g/mol. The minimum Gasteiger partial charge on any atom is -0.271 e. The van der Waals surface area contributed by atoms with Crippen molar-refractivity contribution in [1.29, 1.82) is 0 Å². The summed E-state index contributed by atoms with van der Waals surface area (Å²) in [4.78, 5) is 12.2. The van der Waals surface area contributed by atoms with E-state index in [1.54, 1.807) is 0 Å². The van der Waals surface area contributed by atoms with Crippen LogP contribution in [0.3, 0.4) is 0 Å². The van der Waals surface area contributed by atoms with Gasteiger partial charge in [0.15, 0.2) is 0 Å². The van der Waals surface area contributed by atoms with Crippen molar-refractivity contribution in [2.24, 2.45) is 11.3 Å². The molecule has 2 N–H and O–H groups in total. The van der Waals surface area contributed by atoms with Crippen LogP contribution in [0, 0.1) is 5.41 Å². The number of amides is 1. The maximum atomic E-state index is 12.2. The Morgan fingerprint density at radius 1 is 1.06 bits per heavy atom. The van der Waals surface area contributed by atoms with E-state index >= 15 is 0 Å². The van der Waals surface area contributed by atoms with Gasteiger partial charge in [-0.15, -0.1) is 0 Å². The molecule has 1 aliphatic heterocycles. The Kier molecular flexibility index (Phi) is 2.43. The van der Waals surface area contributed by atoms with Crippen molar-refractivity contribution < 1.29 is 4.79 Å². The second-order valence-corrected chi connectivity index (χ2v) is 5.48. The van der Waals surface area contributed by atoms with Crippen molar-refractivity contribution in [2.75, 3.05) is 5.01 Å². The molecule has 0 atom stereocenters. The molecule has 1 aromatic carbocycles. The third-order valence-corrected chi connectivity index (χ3v) is 4.02. The summed E-state index contributed by atoms with van der Waals surface area (Å²) in [5, 5.41) is 3.09. The van der Waals surface area contributed by atoms with E-state index < -0.39 is 5.41 Å². The lowest BCUT2D eigenvalue weighted by Gasteiger charge is -2.39. The van der Waals surface area contributed by atoms with E-state index in [1.165, 1.54) is 5.12 Å². The lowest BCUT2D eigenvalue weighted by molar-refractivity contribution is -0.135. The lowest BCUT2D eigenvalue weighted by Crippen LogP contribution is -2.52. The molecular weight excluding hydrogens is 214 g/mol. The number of hydrogen-bond acceptors (Lipinski definition) is 3. The van der Waals surface area contributed by atoms with Gasteiger partial charge in [-0.2, -0.15) is 5.12 Å². The van der Waals surface area contributed by atoms with E-state index in [-0.39, 0.29) is 11.4 Å². The summed E-state index contributed by atoms with van der Waals surface area (Å²) < 4.78 is 0. The van der Waals surface area contributed by atoms with Crippen molar-refractivity contribution >= 4 is 11.6 Å². The van der Waals surface area contributed by atoms with Crippen LogP contribution in [0.2, 0.25) is 0 Å². The van der Waals surface area contributed by atoms with Crippen LogP contribution in [0.15, 0.2) is 30.3 Å². The first-order chi connectivity index (χ1) is 7.80. The normalized spacial score (nSPS) is 22.1. The second-order valence-electron chi connectivity index (χ2n) is 5.48. The van der Waals surface area contributed by atoms with Gasteiger partial charge in [0.2, 0.25) is 0 Å². The highest BCUT2D eigenvalue weighted by Crippen LogP contribution is 2.45. The van der Waals surface area contributed by atoms with Crippen LogP contribution in [0.25, 0.3) is 0 Å². The Balaban J connectivity index is 2.52. The summed E-state index contributed by atoms with van der Waals surface area (Å²) in [5.41, 5.74) is 0.0524. The van der Waals surface area contributed by atoms with E-state index in [0.717, 1.165) is 5.69 Å². The van der Waals surface area contributed by atoms with Gasteiger partial charge in [-0.1, -0.05) is 18.2 Å². The third kappa shape index (κ3) is 1.44. The predicted molar refractivity (Wildman–Crippen MR) is 67.8 cm³/mol. The van der Waals surface area contributed by atoms with Crippen LogP contribution < -0.4 is 10.9 Å². The van der Waals surface area contributed by atoms with Gasteiger partial charge in [0, 0.05) is 0 Å². The molecule has 0 saturated carbocycles. The fourth-order valence-electron chi connectivity index (χ4n) is 2.19. The first kappa shape index (κ1) is 11.9. The molecule has 1 aromatic rings. The summed E-state index contributed by atoms with van der Waals surface area (Å²) in [6.45, 7) is 7.92. The molecule has 1 fully saturated rings. The van der Waals surface area contributed by atoms with E-state index in [1.807, 2.05) is 63.0 Å². The summed E-state index contributed by atoms with van der Waals surface area (Å²) in [7, 11) is 0. The second kappa shape index (κ2) is 3.47. The minimum absolute atomic E-state index is 0.0636. The molecule has 0 aliphatic carbocycles. The topological polar surface area (TPSA) is 49.6 Å². The number of nitrogens with zero attached hydrogens (tertiary/aromatic N) is 2. The highest BCUT2D eigenvalue weighted by atomic mass is 16.2. The highest BCUT2D eigenvalue weighted by Gasteiger charge is 2.57. The molecule has 0 bridgehead atoms. The van der Waals surface area contributed by atoms with E-state index in [4.69, 9.17) is 5.84 Å². The van der Waals surface area contributed by atoms with Crippen molar-refractivity contribution in [1.82, 2.24) is 5.12 Å². The number of rotatable bonds is 1. The molecule has 0 aromatic heterocycles. The number of benzene rings is 1. The summed E-state index contributed by atoms with van der Waals surface area (Å²) >= 11 is 0. The fraction of sp³-hybridized carbons (Fsp3) is 0.462. The van der Waals surface area contributed by atoms with Gasteiger partial charge in [-0.3, -0.25) is 9.80 Å². The number of nitrogens with two attached hydrogens (primary N) is 1. The Morgan fingerprint density at radius 2 is 1.59 bits per heavy atom. The molecule has 0 radical (unpaired) electrons. The lowest BCUT2D eigenvalue weighted by atomic mass is 9.75. The number of anilines is 1. The third-order valence-electron chi connectivity index (χ3n) is 4.02. The molecule has 0 spiro atoms. The molecule has 1 amide bonds. The molecule has 1 heterocycles. The first-order valence-corrected chi connectivity index (χ1v) is 5.74. The van der Waals surface area contributed by atoms with Crippen LogP contribution in [0.1, 0.15) is 27.7 Å². The average Bonchev–Trinajstić information content (AvgIpc) is 2.39. The minimum atomic E-state index is -0.516. The van der Waals surface area contributed by atoms with Crippen LogP contribution >= 0.6 is 0 Å². The summed E-state index contributed by atoms with van der Waals surface area (Å²) in [6.07, 6.45) is 0. The van der Waals surface area contributed by atoms with Gasteiger partial charge in [-0.25, -0.2) is 5.84 Å². The van der Waals surface area contributed by atoms with Crippen molar-refractivity contribution in [2.45, 2.75) is 33.2 Å². The predicted octanol–water partition coefficient (Wildman–Crippen LogP) is 1.93. The van der Waals surface area contributed by atoms with Gasteiger partial charge < -0.3 is 0 Å². The maximum absolute atomic E-state index is 12.2. The van der Waals surface area contributed by atoms with Gasteiger partial charge in [0.1, 0.15) is 0 Å². The Hall–Kier alpha value is -1.55. The number of hydrazine groups is 2. The molecule has 2 rings (SSSR count). The van der Waals surface area contributed by atoms with Crippen LogP contribution in [0.4, 0.5) is 5.69 Å². The van der Waals surface area contributed by atoms with Crippen molar-refractivity contribution in [3.8, 4) is 0 Å². The van der Waals surface area contributed by atoms with E-state index in [9.17, 15) is 4.79 Å². The largest absolute Gasteiger partial charge is 0.271 e. The standard InChI is InChI=1S/C13H19N3O/c1-12(2)11(17)16(14)15(13(12,3)4)10-8-6-5-7-9-10/h5-9H,14H2,1-4H3. The Morgan fingerprint density at radius 3 is 2.00 bits per heavy atom.